The number of nitrogens with zero attached hydrogens (tertiary/aromatic N) is 1. The van der Waals surface area contributed by atoms with Gasteiger partial charge in [-0.3, -0.25) is 0 Å². The summed E-state index contributed by atoms with van der Waals surface area (Å²) in [6, 6.07) is 8.73. The van der Waals surface area contributed by atoms with Crippen molar-refractivity contribution in [2.45, 2.75) is 37.9 Å². The first kappa shape index (κ1) is 17.2. The summed E-state index contributed by atoms with van der Waals surface area (Å²) >= 11 is 0. The Kier molecular flexibility index (Phi) is 5.91. The van der Waals surface area contributed by atoms with E-state index in [-0.39, 0.29) is 19.1 Å². The Hall–Kier alpha value is -2.16. The number of halogens is 3. The highest BCUT2D eigenvalue weighted by molar-refractivity contribution is 5.75. The van der Waals surface area contributed by atoms with E-state index >= 15 is 0 Å². The van der Waals surface area contributed by atoms with E-state index in [1.807, 2.05) is 30.3 Å². The van der Waals surface area contributed by atoms with Crippen LogP contribution in [0, 0.1) is 11.8 Å². The zero-order valence-corrected chi connectivity index (χ0v) is 12.7. The third kappa shape index (κ3) is 5.85. The van der Waals surface area contributed by atoms with E-state index in [2.05, 4.69) is 17.2 Å². The fraction of sp³-hybridized carbons (Fsp3) is 0.471. The third-order valence-electron chi connectivity index (χ3n) is 3.75. The summed E-state index contributed by atoms with van der Waals surface area (Å²) in [7, 11) is 0. The molecule has 0 radical (unpaired) electrons. The Balaban J connectivity index is 1.84. The Morgan fingerprint density at radius 3 is 2.52 bits per heavy atom. The molecular weight excluding hydrogens is 305 g/mol. The van der Waals surface area contributed by atoms with Gasteiger partial charge in [0.2, 0.25) is 0 Å². The Labute approximate surface area is 133 Å². The fourth-order valence-electron chi connectivity index (χ4n) is 2.28. The molecule has 1 fully saturated rings. The summed E-state index contributed by atoms with van der Waals surface area (Å²) in [5, 5.41) is 2.58. The van der Waals surface area contributed by atoms with Gasteiger partial charge in [-0.2, -0.15) is 13.2 Å². The second kappa shape index (κ2) is 7.91. The maximum atomic E-state index is 12.4. The molecule has 124 valence electrons. The van der Waals surface area contributed by atoms with Crippen molar-refractivity contribution < 1.29 is 18.0 Å². The molecule has 23 heavy (non-hydrogen) atoms. The smallest absolute Gasteiger partial charge is 0.327 e. The second-order valence-corrected chi connectivity index (χ2v) is 5.47. The first-order chi connectivity index (χ1) is 11.0. The number of urea groups is 1. The van der Waals surface area contributed by atoms with E-state index in [0.717, 1.165) is 24.8 Å². The largest absolute Gasteiger partial charge is 0.390 e. The summed E-state index contributed by atoms with van der Waals surface area (Å²) in [6.07, 6.45) is -2.75. The lowest BCUT2D eigenvalue weighted by Gasteiger charge is -2.37. The van der Waals surface area contributed by atoms with Crippen LogP contribution in [0.15, 0.2) is 30.3 Å². The molecule has 1 aliphatic rings. The molecule has 1 saturated carbocycles. The van der Waals surface area contributed by atoms with Crippen LogP contribution >= 0.6 is 0 Å². The van der Waals surface area contributed by atoms with Crippen molar-refractivity contribution in [1.82, 2.24) is 10.2 Å². The molecular formula is C17H19F3N2O. The molecule has 1 aromatic carbocycles. The van der Waals surface area contributed by atoms with E-state index in [4.69, 9.17) is 0 Å². The van der Waals surface area contributed by atoms with Crippen molar-refractivity contribution in [1.29, 1.82) is 0 Å². The number of carbonyl (C=O) groups is 1. The fourth-order valence-corrected chi connectivity index (χ4v) is 2.28. The molecule has 6 heteroatoms. The van der Waals surface area contributed by atoms with Crippen LogP contribution in [-0.4, -0.2) is 36.2 Å². The number of benzene rings is 1. The van der Waals surface area contributed by atoms with Crippen molar-refractivity contribution in [3.05, 3.63) is 35.9 Å². The molecule has 0 unspecified atom stereocenters. The van der Waals surface area contributed by atoms with Gasteiger partial charge in [0, 0.05) is 18.2 Å². The number of nitrogens with one attached hydrogen (secondary N) is 1. The van der Waals surface area contributed by atoms with Gasteiger partial charge in [0.15, 0.2) is 0 Å². The summed E-state index contributed by atoms with van der Waals surface area (Å²) in [4.78, 5) is 13.4. The molecule has 2 amide bonds. The van der Waals surface area contributed by atoms with Crippen LogP contribution in [0.3, 0.4) is 0 Å². The van der Waals surface area contributed by atoms with E-state index in [1.165, 1.54) is 4.90 Å². The predicted octanol–water partition coefficient (Wildman–Crippen LogP) is 3.55. The molecule has 0 atom stereocenters. The topological polar surface area (TPSA) is 32.3 Å². The van der Waals surface area contributed by atoms with E-state index in [0.29, 0.717) is 0 Å². The summed E-state index contributed by atoms with van der Waals surface area (Å²) in [5.74, 6) is 5.69. The quantitative estimate of drug-likeness (QED) is 0.844. The van der Waals surface area contributed by atoms with Crippen LogP contribution in [0.4, 0.5) is 18.0 Å². The van der Waals surface area contributed by atoms with Crippen molar-refractivity contribution in [2.24, 2.45) is 0 Å². The molecule has 0 aromatic heterocycles. The Morgan fingerprint density at radius 2 is 1.96 bits per heavy atom. The number of rotatable bonds is 4. The van der Waals surface area contributed by atoms with Crippen LogP contribution in [0.5, 0.6) is 0 Å². The van der Waals surface area contributed by atoms with Gasteiger partial charge in [-0.15, -0.1) is 0 Å². The van der Waals surface area contributed by atoms with Gasteiger partial charge in [-0.25, -0.2) is 4.79 Å². The zero-order chi connectivity index (χ0) is 16.7. The van der Waals surface area contributed by atoms with Crippen LogP contribution in [-0.2, 0) is 0 Å². The number of amides is 2. The maximum absolute atomic E-state index is 12.4. The molecule has 0 saturated heterocycles. The Bertz CT molecular complexity index is 571. The molecule has 0 heterocycles. The molecule has 1 aromatic rings. The lowest BCUT2D eigenvalue weighted by molar-refractivity contribution is -0.137. The average molecular weight is 324 g/mol. The molecule has 1 aliphatic carbocycles. The van der Waals surface area contributed by atoms with Gasteiger partial charge < -0.3 is 10.2 Å². The second-order valence-electron chi connectivity index (χ2n) is 5.47. The van der Waals surface area contributed by atoms with Crippen LogP contribution < -0.4 is 5.32 Å². The van der Waals surface area contributed by atoms with Gasteiger partial charge in [0.05, 0.1) is 13.0 Å². The van der Waals surface area contributed by atoms with Crippen LogP contribution in [0.1, 0.15) is 31.2 Å². The molecule has 2 rings (SSSR count). The number of alkyl halides is 3. The monoisotopic (exact) mass is 324 g/mol. The van der Waals surface area contributed by atoms with E-state index in [1.54, 1.807) is 0 Å². The van der Waals surface area contributed by atoms with Crippen LogP contribution in [0.25, 0.3) is 0 Å². The van der Waals surface area contributed by atoms with Gasteiger partial charge >= 0.3 is 12.2 Å². The summed E-state index contributed by atoms with van der Waals surface area (Å²) in [6.45, 7) is -0.185. The first-order valence-electron chi connectivity index (χ1n) is 7.61. The standard InChI is InChI=1S/C17H19F3N2O/c18-17(19,20)11-13-22(15-9-4-10-15)16(23)21-12-5-8-14-6-2-1-3-7-14/h1-3,6-7,15H,4,9-13H2,(H,21,23). The SMILES string of the molecule is O=C(NCC#Cc1ccccc1)N(CCC(F)(F)F)C1CCC1. The van der Waals surface area contributed by atoms with Crippen molar-refractivity contribution in [3.63, 3.8) is 0 Å². The molecule has 0 spiro atoms. The van der Waals surface area contributed by atoms with Gasteiger partial charge in [-0.05, 0) is 31.4 Å². The zero-order valence-electron chi connectivity index (χ0n) is 12.7. The van der Waals surface area contributed by atoms with Gasteiger partial charge in [-0.1, -0.05) is 30.0 Å². The number of hydrogen-bond acceptors (Lipinski definition) is 1. The number of hydrogen-bond donors (Lipinski definition) is 1. The van der Waals surface area contributed by atoms with E-state index < -0.39 is 18.6 Å². The van der Waals surface area contributed by atoms with E-state index in [9.17, 15) is 18.0 Å². The average Bonchev–Trinajstić information content (AvgIpc) is 2.45. The normalized spacial score (nSPS) is 14.4. The highest BCUT2D eigenvalue weighted by Gasteiger charge is 2.33. The number of carbonyl (C=O) groups excluding carboxylic acids is 1. The Morgan fingerprint density at radius 1 is 1.26 bits per heavy atom. The summed E-state index contributed by atoms with van der Waals surface area (Å²) < 4.78 is 37.1. The third-order valence-corrected chi connectivity index (χ3v) is 3.75. The van der Waals surface area contributed by atoms with Crippen molar-refractivity contribution in [3.8, 4) is 11.8 Å². The highest BCUT2D eigenvalue weighted by atomic mass is 19.4. The lowest BCUT2D eigenvalue weighted by Crippen LogP contribution is -2.50. The minimum atomic E-state index is -4.25. The predicted molar refractivity (Wildman–Crippen MR) is 81.7 cm³/mol. The summed E-state index contributed by atoms with van der Waals surface area (Å²) in [5.41, 5.74) is 0.828. The minimum Gasteiger partial charge on any atom is -0.327 e. The molecule has 3 nitrogen and oxygen atoms in total. The lowest BCUT2D eigenvalue weighted by atomic mass is 9.91. The van der Waals surface area contributed by atoms with Crippen molar-refractivity contribution >= 4 is 6.03 Å². The minimum absolute atomic E-state index is 0.0839. The first-order valence-corrected chi connectivity index (χ1v) is 7.61. The van der Waals surface area contributed by atoms with Crippen LogP contribution in [0.2, 0.25) is 0 Å². The molecule has 1 N–H and O–H groups in total. The molecule has 0 aliphatic heterocycles. The van der Waals surface area contributed by atoms with Gasteiger partial charge in [0.1, 0.15) is 0 Å². The molecule has 0 bridgehead atoms. The maximum Gasteiger partial charge on any atom is 0.390 e. The van der Waals surface area contributed by atoms with Crippen molar-refractivity contribution in [2.75, 3.05) is 13.1 Å². The highest BCUT2D eigenvalue weighted by Crippen LogP contribution is 2.27. The van der Waals surface area contributed by atoms with Gasteiger partial charge in [0.25, 0.3) is 0 Å².